The summed E-state index contributed by atoms with van der Waals surface area (Å²) < 4.78 is 33.8. The Morgan fingerprint density at radius 1 is 1.15 bits per heavy atom. The number of hydrogen-bond donors (Lipinski definition) is 2. The van der Waals surface area contributed by atoms with Crippen LogP contribution in [0, 0.1) is 6.92 Å². The number of carbonyl (C=O) groups is 2. The first-order chi connectivity index (χ1) is 18.6. The lowest BCUT2D eigenvalue weighted by molar-refractivity contribution is -0.117. The number of aromatic nitrogens is 3. The van der Waals surface area contributed by atoms with Crippen LogP contribution in [0.3, 0.4) is 0 Å². The molecule has 1 aromatic carbocycles. The van der Waals surface area contributed by atoms with E-state index in [-0.39, 0.29) is 36.3 Å². The normalized spacial score (nSPS) is 15.4. The predicted octanol–water partition coefficient (Wildman–Crippen LogP) is 1.74. The lowest BCUT2D eigenvalue weighted by Crippen LogP contribution is -2.37. The van der Waals surface area contributed by atoms with Crippen LogP contribution < -0.4 is 20.3 Å². The van der Waals surface area contributed by atoms with Crippen molar-refractivity contribution in [2.24, 2.45) is 5.14 Å². The Kier molecular flexibility index (Phi) is 7.48. The molecule has 0 unspecified atom stereocenters. The second kappa shape index (κ2) is 10.8. The number of anilines is 4. The summed E-state index contributed by atoms with van der Waals surface area (Å²) in [7, 11) is -3.83. The van der Waals surface area contributed by atoms with E-state index in [1.165, 1.54) is 12.1 Å². The summed E-state index contributed by atoms with van der Waals surface area (Å²) in [5.74, 6) is 0.702. The molecule has 15 heteroatoms. The molecule has 0 radical (unpaired) electrons. The Bertz CT molecular complexity index is 1520. The molecule has 1 fully saturated rings. The van der Waals surface area contributed by atoms with Crippen molar-refractivity contribution in [2.45, 2.75) is 31.7 Å². The number of benzene rings is 1. The Morgan fingerprint density at radius 3 is 2.51 bits per heavy atom. The molecule has 0 aliphatic carbocycles. The largest absolute Gasteiger partial charge is 0.462 e. The fraction of sp³-hybridized carbons (Fsp3) is 0.375. The molecule has 1 amide bonds. The Labute approximate surface area is 229 Å². The van der Waals surface area contributed by atoms with Crippen LogP contribution in [0.2, 0.25) is 0 Å². The summed E-state index contributed by atoms with van der Waals surface area (Å²) >= 11 is 1.13. The highest BCUT2D eigenvalue weighted by Gasteiger charge is 2.35. The average Bonchev–Trinajstić information content (AvgIpc) is 3.42. The first kappa shape index (κ1) is 26.9. The number of nitrogens with two attached hydrogens (primary N) is 1. The summed E-state index contributed by atoms with van der Waals surface area (Å²) in [4.78, 5) is 43.2. The van der Waals surface area contributed by atoms with Crippen LogP contribution in [-0.2, 0) is 37.3 Å². The van der Waals surface area contributed by atoms with E-state index >= 15 is 0 Å². The van der Waals surface area contributed by atoms with E-state index in [0.717, 1.165) is 11.3 Å². The van der Waals surface area contributed by atoms with Crippen molar-refractivity contribution in [1.29, 1.82) is 0 Å². The maximum absolute atomic E-state index is 13.2. The van der Waals surface area contributed by atoms with Gasteiger partial charge in [-0.2, -0.15) is 9.97 Å². The molecule has 13 nitrogen and oxygen atoms in total. The SMILES string of the molecule is CCOC(=O)c1sc(Nc2nc(N3CCOCC3)c3c(n2)N(Cc2ccc(S(N)(=O)=O)cc2)C(=O)C3)nc1C. The van der Waals surface area contributed by atoms with E-state index < -0.39 is 16.0 Å². The zero-order valence-electron chi connectivity index (χ0n) is 21.3. The number of morpholine rings is 1. The summed E-state index contributed by atoms with van der Waals surface area (Å²) in [6, 6.07) is 6.04. The van der Waals surface area contributed by atoms with Gasteiger partial charge in [0.25, 0.3) is 0 Å². The van der Waals surface area contributed by atoms with Gasteiger partial charge in [0.2, 0.25) is 21.9 Å². The monoisotopic (exact) mass is 573 g/mol. The number of ether oxygens (including phenoxy) is 2. The molecule has 39 heavy (non-hydrogen) atoms. The number of aryl methyl sites for hydroxylation is 1. The van der Waals surface area contributed by atoms with Gasteiger partial charge in [0.05, 0.1) is 43.4 Å². The molecule has 2 aliphatic heterocycles. The maximum atomic E-state index is 13.2. The van der Waals surface area contributed by atoms with E-state index in [1.807, 2.05) is 0 Å². The molecule has 0 bridgehead atoms. The maximum Gasteiger partial charge on any atom is 0.350 e. The van der Waals surface area contributed by atoms with E-state index in [9.17, 15) is 18.0 Å². The van der Waals surface area contributed by atoms with Crippen LogP contribution in [0.5, 0.6) is 0 Å². The highest BCUT2D eigenvalue weighted by atomic mass is 32.2. The first-order valence-electron chi connectivity index (χ1n) is 12.2. The van der Waals surface area contributed by atoms with Gasteiger partial charge in [-0.15, -0.1) is 0 Å². The highest BCUT2D eigenvalue weighted by Crippen LogP contribution is 2.37. The topological polar surface area (TPSA) is 170 Å². The van der Waals surface area contributed by atoms with Crippen molar-refractivity contribution in [3.8, 4) is 0 Å². The number of sulfonamides is 1. The van der Waals surface area contributed by atoms with Crippen molar-refractivity contribution < 1.29 is 27.5 Å². The molecule has 0 atom stereocenters. The number of amides is 1. The van der Waals surface area contributed by atoms with Gasteiger partial charge in [-0.05, 0) is 31.5 Å². The van der Waals surface area contributed by atoms with Gasteiger partial charge >= 0.3 is 5.97 Å². The van der Waals surface area contributed by atoms with E-state index in [4.69, 9.17) is 19.6 Å². The molecular formula is C24H27N7O6S2. The van der Waals surface area contributed by atoms with Crippen molar-refractivity contribution in [1.82, 2.24) is 15.0 Å². The molecule has 2 aromatic heterocycles. The Balaban J connectivity index is 1.49. The zero-order chi connectivity index (χ0) is 27.7. The molecule has 5 rings (SSSR count). The van der Waals surface area contributed by atoms with Gasteiger partial charge in [-0.3, -0.25) is 15.0 Å². The van der Waals surface area contributed by atoms with E-state index in [1.54, 1.807) is 30.9 Å². The van der Waals surface area contributed by atoms with Gasteiger partial charge in [0.1, 0.15) is 16.5 Å². The third kappa shape index (κ3) is 5.71. The van der Waals surface area contributed by atoms with Gasteiger partial charge in [-0.1, -0.05) is 23.5 Å². The van der Waals surface area contributed by atoms with Crippen molar-refractivity contribution in [2.75, 3.05) is 48.0 Å². The van der Waals surface area contributed by atoms with Crippen molar-refractivity contribution in [3.05, 3.63) is 46.0 Å². The minimum absolute atomic E-state index is 0.0104. The molecule has 3 N–H and O–H groups in total. The minimum Gasteiger partial charge on any atom is -0.462 e. The summed E-state index contributed by atoms with van der Waals surface area (Å²) in [5.41, 5.74) is 1.94. The molecule has 0 spiro atoms. The summed E-state index contributed by atoms with van der Waals surface area (Å²) in [5, 5.41) is 8.72. The Hall–Kier alpha value is -3.66. The lowest BCUT2D eigenvalue weighted by atomic mass is 10.2. The number of nitrogens with zero attached hydrogens (tertiary/aromatic N) is 5. The lowest BCUT2D eigenvalue weighted by Gasteiger charge is -2.29. The van der Waals surface area contributed by atoms with Crippen LogP contribution >= 0.6 is 11.3 Å². The minimum atomic E-state index is -3.83. The fourth-order valence-corrected chi connectivity index (χ4v) is 5.73. The van der Waals surface area contributed by atoms with Gasteiger partial charge in [0, 0.05) is 18.7 Å². The van der Waals surface area contributed by atoms with Crippen LogP contribution in [0.4, 0.5) is 22.7 Å². The van der Waals surface area contributed by atoms with Crippen molar-refractivity contribution in [3.63, 3.8) is 0 Å². The third-order valence-electron chi connectivity index (χ3n) is 6.23. The average molecular weight is 574 g/mol. The Morgan fingerprint density at radius 2 is 1.85 bits per heavy atom. The van der Waals surface area contributed by atoms with Gasteiger partial charge < -0.3 is 14.4 Å². The predicted molar refractivity (Wildman–Crippen MR) is 144 cm³/mol. The second-order valence-corrected chi connectivity index (χ2v) is 11.5. The number of hydrogen-bond acceptors (Lipinski definition) is 12. The number of esters is 1. The van der Waals surface area contributed by atoms with Gasteiger partial charge in [0.15, 0.2) is 5.13 Å². The highest BCUT2D eigenvalue weighted by molar-refractivity contribution is 7.89. The number of nitrogens with one attached hydrogen (secondary N) is 1. The number of rotatable bonds is 8. The number of carbonyl (C=O) groups excluding carboxylic acids is 2. The number of thiazole rings is 1. The fourth-order valence-electron chi connectivity index (χ4n) is 4.36. The molecule has 3 aromatic rings. The second-order valence-electron chi connectivity index (χ2n) is 8.90. The molecular weight excluding hydrogens is 546 g/mol. The van der Waals surface area contributed by atoms with E-state index in [0.29, 0.717) is 64.8 Å². The summed E-state index contributed by atoms with van der Waals surface area (Å²) in [6.45, 7) is 6.17. The third-order valence-corrected chi connectivity index (χ3v) is 8.21. The van der Waals surface area contributed by atoms with Crippen LogP contribution in [0.15, 0.2) is 29.2 Å². The number of primary sulfonamides is 1. The standard InChI is InChI=1S/C24H27N7O6S2/c1-3-37-22(33)19-14(2)26-24(38-19)29-23-27-20(30-8-10-36-11-9-30)17-12-18(32)31(21(17)28-23)13-15-4-6-16(7-5-15)39(25,34)35/h4-7H,3,8-13H2,1-2H3,(H2,25,34,35)(H,26,27,28,29). The molecule has 2 aliphatic rings. The zero-order valence-corrected chi connectivity index (χ0v) is 23.0. The van der Waals surface area contributed by atoms with Crippen molar-refractivity contribution >= 4 is 56.0 Å². The first-order valence-corrected chi connectivity index (χ1v) is 14.6. The smallest absolute Gasteiger partial charge is 0.350 e. The summed E-state index contributed by atoms with van der Waals surface area (Å²) in [6.07, 6.45) is 0.126. The van der Waals surface area contributed by atoms with Crippen LogP contribution in [0.1, 0.15) is 33.4 Å². The number of fused-ring (bicyclic) bond motifs is 1. The quantitative estimate of drug-likeness (QED) is 0.376. The molecule has 1 saturated heterocycles. The van der Waals surface area contributed by atoms with E-state index in [2.05, 4.69) is 20.2 Å². The van der Waals surface area contributed by atoms with Crippen LogP contribution in [0.25, 0.3) is 0 Å². The molecule has 0 saturated carbocycles. The van der Waals surface area contributed by atoms with Crippen LogP contribution in [-0.4, -0.2) is 68.2 Å². The molecule has 206 valence electrons. The molecule has 4 heterocycles. The van der Waals surface area contributed by atoms with Gasteiger partial charge in [-0.25, -0.2) is 23.3 Å².